The Labute approximate surface area is 107 Å². The monoisotopic (exact) mass is 268 g/mol. The fourth-order valence-corrected chi connectivity index (χ4v) is 1.57. The fourth-order valence-electron chi connectivity index (χ4n) is 1.34. The molecule has 94 valence electrons. The van der Waals surface area contributed by atoms with E-state index in [1.54, 1.807) is 19.2 Å². The average Bonchev–Trinajstić information content (AvgIpc) is 2.73. The Kier molecular flexibility index (Phi) is 3.42. The first-order valence-electron chi connectivity index (χ1n) is 4.95. The van der Waals surface area contributed by atoms with Crippen LogP contribution in [0.3, 0.4) is 0 Å². The van der Waals surface area contributed by atoms with Crippen LogP contribution >= 0.6 is 11.6 Å². The van der Waals surface area contributed by atoms with Crippen LogP contribution in [0.4, 0.5) is 0 Å². The van der Waals surface area contributed by atoms with E-state index in [4.69, 9.17) is 21.4 Å². The van der Waals surface area contributed by atoms with Crippen LogP contribution in [0.1, 0.15) is 16.2 Å². The predicted octanol–water partition coefficient (Wildman–Crippen LogP) is 1.14. The molecule has 18 heavy (non-hydrogen) atoms. The lowest BCUT2D eigenvalue weighted by atomic mass is 10.2. The van der Waals surface area contributed by atoms with Crippen LogP contribution < -0.4 is 4.74 Å². The van der Waals surface area contributed by atoms with Gasteiger partial charge in [0.15, 0.2) is 12.4 Å². The zero-order chi connectivity index (χ0) is 13.1. The average molecular weight is 269 g/mol. The number of aromatic carboxylic acids is 1. The second kappa shape index (κ2) is 5.01. The SMILES string of the molecule is Cn1nnc(COc2c(Cl)cccc2C(=O)O)n1. The molecule has 0 radical (unpaired) electrons. The first-order chi connectivity index (χ1) is 8.58. The second-order valence-electron chi connectivity index (χ2n) is 3.41. The molecule has 0 bridgehead atoms. The minimum absolute atomic E-state index is 0.00213. The quantitative estimate of drug-likeness (QED) is 0.894. The molecule has 0 spiro atoms. The number of ether oxygens (including phenoxy) is 1. The van der Waals surface area contributed by atoms with Crippen LogP contribution in [0, 0.1) is 0 Å². The number of carboxylic acids is 1. The summed E-state index contributed by atoms with van der Waals surface area (Å²) in [7, 11) is 1.62. The van der Waals surface area contributed by atoms with E-state index in [9.17, 15) is 4.79 Å². The Balaban J connectivity index is 2.20. The first-order valence-corrected chi connectivity index (χ1v) is 5.33. The van der Waals surface area contributed by atoms with Gasteiger partial charge < -0.3 is 9.84 Å². The van der Waals surface area contributed by atoms with Crippen molar-refractivity contribution in [1.29, 1.82) is 0 Å². The number of para-hydroxylation sites is 1. The van der Waals surface area contributed by atoms with Crippen LogP contribution in [-0.4, -0.2) is 31.3 Å². The highest BCUT2D eigenvalue weighted by molar-refractivity contribution is 6.32. The summed E-state index contributed by atoms with van der Waals surface area (Å²) in [5, 5.41) is 20.5. The Morgan fingerprint density at radius 3 is 2.94 bits per heavy atom. The molecule has 2 aromatic rings. The number of nitrogens with zero attached hydrogens (tertiary/aromatic N) is 4. The third-order valence-corrected chi connectivity index (χ3v) is 2.39. The van der Waals surface area contributed by atoms with E-state index in [0.717, 1.165) is 0 Å². The number of halogens is 1. The van der Waals surface area contributed by atoms with Gasteiger partial charge in [-0.05, 0) is 17.3 Å². The number of aromatic nitrogens is 4. The summed E-state index contributed by atoms with van der Waals surface area (Å²) in [5.41, 5.74) is -0.00797. The highest BCUT2D eigenvalue weighted by Gasteiger charge is 2.15. The van der Waals surface area contributed by atoms with Crippen molar-refractivity contribution in [2.75, 3.05) is 0 Å². The molecular weight excluding hydrogens is 260 g/mol. The smallest absolute Gasteiger partial charge is 0.339 e. The van der Waals surface area contributed by atoms with Gasteiger partial charge in [-0.15, -0.1) is 10.2 Å². The molecule has 1 aromatic heterocycles. The Morgan fingerprint density at radius 2 is 2.33 bits per heavy atom. The van der Waals surface area contributed by atoms with Crippen molar-refractivity contribution >= 4 is 17.6 Å². The summed E-state index contributed by atoms with van der Waals surface area (Å²) in [4.78, 5) is 12.3. The molecule has 0 aliphatic heterocycles. The standard InChI is InChI=1S/C10H9ClN4O3/c1-15-13-8(12-14-15)5-18-9-6(10(16)17)3-2-4-7(9)11/h2-4H,5H2,1H3,(H,16,17). The van der Waals surface area contributed by atoms with Gasteiger partial charge in [-0.2, -0.15) is 4.80 Å². The largest absolute Gasteiger partial charge is 0.483 e. The lowest BCUT2D eigenvalue weighted by Crippen LogP contribution is -2.05. The Bertz CT molecular complexity index is 584. The van der Waals surface area contributed by atoms with Gasteiger partial charge in [-0.1, -0.05) is 17.7 Å². The number of rotatable bonds is 4. The van der Waals surface area contributed by atoms with E-state index in [1.807, 2.05) is 0 Å². The first kappa shape index (κ1) is 12.3. The second-order valence-corrected chi connectivity index (χ2v) is 3.81. The fraction of sp³-hybridized carbons (Fsp3) is 0.200. The molecule has 1 aromatic carbocycles. The van der Waals surface area contributed by atoms with Gasteiger partial charge in [0.05, 0.1) is 12.1 Å². The van der Waals surface area contributed by atoms with Crippen LogP contribution in [-0.2, 0) is 13.7 Å². The van der Waals surface area contributed by atoms with Gasteiger partial charge in [-0.25, -0.2) is 4.79 Å². The lowest BCUT2D eigenvalue weighted by Gasteiger charge is -2.08. The maximum Gasteiger partial charge on any atom is 0.339 e. The zero-order valence-electron chi connectivity index (χ0n) is 9.37. The number of carbonyl (C=O) groups is 1. The molecule has 2 rings (SSSR count). The van der Waals surface area contributed by atoms with E-state index in [0.29, 0.717) is 5.82 Å². The van der Waals surface area contributed by atoms with E-state index >= 15 is 0 Å². The summed E-state index contributed by atoms with van der Waals surface area (Å²) in [5.74, 6) is -0.674. The maximum atomic E-state index is 11.0. The molecule has 8 heteroatoms. The molecule has 0 saturated heterocycles. The van der Waals surface area contributed by atoms with Crippen molar-refractivity contribution in [3.8, 4) is 5.75 Å². The van der Waals surface area contributed by atoms with Crippen molar-refractivity contribution < 1.29 is 14.6 Å². The number of aryl methyl sites for hydroxylation is 1. The lowest BCUT2D eigenvalue weighted by molar-refractivity contribution is 0.0691. The van der Waals surface area contributed by atoms with Gasteiger partial charge in [0.2, 0.25) is 5.82 Å². The topological polar surface area (TPSA) is 90.1 Å². The summed E-state index contributed by atoms with van der Waals surface area (Å²) in [6.45, 7) is -0.00213. The van der Waals surface area contributed by atoms with Gasteiger partial charge in [0.25, 0.3) is 0 Å². The molecule has 0 fully saturated rings. The number of tetrazole rings is 1. The minimum atomic E-state index is -1.11. The Morgan fingerprint density at radius 1 is 1.56 bits per heavy atom. The third-order valence-electron chi connectivity index (χ3n) is 2.09. The normalized spacial score (nSPS) is 10.3. The minimum Gasteiger partial charge on any atom is -0.483 e. The molecule has 7 nitrogen and oxygen atoms in total. The molecule has 0 atom stereocenters. The zero-order valence-corrected chi connectivity index (χ0v) is 10.1. The molecule has 0 saturated carbocycles. The highest BCUT2D eigenvalue weighted by Crippen LogP contribution is 2.29. The van der Waals surface area contributed by atoms with Crippen LogP contribution in [0.2, 0.25) is 5.02 Å². The summed E-state index contributed by atoms with van der Waals surface area (Å²) in [6.07, 6.45) is 0. The van der Waals surface area contributed by atoms with Gasteiger partial charge in [-0.3, -0.25) is 0 Å². The summed E-state index contributed by atoms with van der Waals surface area (Å²) < 4.78 is 5.34. The van der Waals surface area contributed by atoms with Crippen molar-refractivity contribution in [1.82, 2.24) is 20.2 Å². The molecule has 1 heterocycles. The van der Waals surface area contributed by atoms with Gasteiger partial charge >= 0.3 is 5.97 Å². The Hall–Kier alpha value is -2.15. The van der Waals surface area contributed by atoms with E-state index in [-0.39, 0.29) is 22.9 Å². The predicted molar refractivity (Wildman–Crippen MR) is 61.5 cm³/mol. The van der Waals surface area contributed by atoms with Crippen molar-refractivity contribution in [3.63, 3.8) is 0 Å². The van der Waals surface area contributed by atoms with Crippen LogP contribution in [0.25, 0.3) is 0 Å². The molecule has 1 N–H and O–H groups in total. The van der Waals surface area contributed by atoms with E-state index in [2.05, 4.69) is 15.4 Å². The van der Waals surface area contributed by atoms with E-state index < -0.39 is 5.97 Å². The van der Waals surface area contributed by atoms with E-state index in [1.165, 1.54) is 10.9 Å². The summed E-state index contributed by atoms with van der Waals surface area (Å²) >= 11 is 5.89. The van der Waals surface area contributed by atoms with Crippen LogP contribution in [0.5, 0.6) is 5.75 Å². The molecule has 0 aliphatic rings. The number of hydrogen-bond acceptors (Lipinski definition) is 5. The van der Waals surface area contributed by atoms with Crippen LogP contribution in [0.15, 0.2) is 18.2 Å². The number of hydrogen-bond donors (Lipinski definition) is 1. The maximum absolute atomic E-state index is 11.0. The molecule has 0 unspecified atom stereocenters. The van der Waals surface area contributed by atoms with Gasteiger partial charge in [0.1, 0.15) is 5.56 Å². The number of benzene rings is 1. The molecule has 0 amide bonds. The third kappa shape index (κ3) is 2.57. The number of carboxylic acid groups (broad SMARTS) is 1. The highest BCUT2D eigenvalue weighted by atomic mass is 35.5. The summed E-state index contributed by atoms with van der Waals surface area (Å²) in [6, 6.07) is 4.50. The molecular formula is C10H9ClN4O3. The van der Waals surface area contributed by atoms with Crippen molar-refractivity contribution in [2.45, 2.75) is 6.61 Å². The van der Waals surface area contributed by atoms with Gasteiger partial charge in [0, 0.05) is 0 Å². The van der Waals surface area contributed by atoms with Crippen molar-refractivity contribution in [3.05, 3.63) is 34.6 Å². The molecule has 0 aliphatic carbocycles. The van der Waals surface area contributed by atoms with Crippen molar-refractivity contribution in [2.24, 2.45) is 7.05 Å².